The Balaban J connectivity index is -0.000000886. The van der Waals surface area contributed by atoms with Gasteiger partial charge < -0.3 is 83.1 Å². The molecule has 0 amide bonds. The largest absolute Gasteiger partial charge is 2.00 e. The molecule has 0 heterocycles. The fourth-order valence-corrected chi connectivity index (χ4v) is 7.84. The Bertz CT molecular complexity index is 642. The van der Waals surface area contributed by atoms with Crippen LogP contribution in [0.3, 0.4) is 0 Å². The number of quaternary nitrogens is 2. The molecule has 0 N–H and O–H groups in total. The first-order valence-corrected chi connectivity index (χ1v) is 24.1. The van der Waals surface area contributed by atoms with Gasteiger partial charge in [-0.3, -0.25) is 0 Å². The molecule has 0 aromatic carbocycles. The molecule has 0 radical (unpaired) electrons. The van der Waals surface area contributed by atoms with Crippen molar-refractivity contribution in [1.29, 1.82) is 0 Å². The number of nitrogens with zero attached hydrogens (tertiary/aromatic N) is 2. The summed E-state index contributed by atoms with van der Waals surface area (Å²) in [5.41, 5.74) is 0. The zero-order valence-electron chi connectivity index (χ0n) is 34.5. The molecule has 0 unspecified atom stereocenters. The molecule has 0 saturated heterocycles. The molecule has 0 bridgehead atoms. The summed E-state index contributed by atoms with van der Waals surface area (Å²) in [7, 11) is 0. The van der Waals surface area contributed by atoms with E-state index in [0.29, 0.717) is 16.4 Å². The molecule has 300 valence electrons. The summed E-state index contributed by atoms with van der Waals surface area (Å²) < 4.78 is 2.02. The van der Waals surface area contributed by atoms with E-state index in [9.17, 15) is 0 Å². The van der Waals surface area contributed by atoms with Crippen LogP contribution in [0, 0.1) is 0 Å². The first-order chi connectivity index (χ1) is 24.1. The van der Waals surface area contributed by atoms with E-state index in [1.54, 1.807) is 0 Å². The second kappa shape index (κ2) is 43.0. The SMILES string of the molecule is CCCCCCCCCC[N+]([S-])(CCCCCCCCCC)C(=S)[S-].CCCCCCCCCC[N+]([S-])(CCCCCCCCCC)C(=S)[S-].[Zn+2]. The number of unbranched alkanes of at least 4 members (excludes halogenated alkanes) is 28. The van der Waals surface area contributed by atoms with E-state index in [4.69, 9.17) is 75.3 Å². The molecule has 0 aromatic heterocycles. The molecule has 9 heteroatoms. The van der Waals surface area contributed by atoms with Crippen molar-refractivity contribution in [3.8, 4) is 0 Å². The third kappa shape index (κ3) is 38.5. The van der Waals surface area contributed by atoms with Gasteiger partial charge in [-0.25, -0.2) is 0 Å². The molecule has 0 aliphatic rings. The second-order valence-corrected chi connectivity index (χ2v) is 18.6. The second-order valence-electron chi connectivity index (χ2n) is 15.1. The van der Waals surface area contributed by atoms with Gasteiger partial charge in [0.1, 0.15) is 0 Å². The van der Waals surface area contributed by atoms with E-state index >= 15 is 0 Å². The third-order valence-corrected chi connectivity index (χ3v) is 13.1. The number of thiocarbonyl (C=S) groups is 2. The number of rotatable bonds is 36. The molecule has 2 nitrogen and oxygen atoms in total. The maximum absolute atomic E-state index is 5.79. The molecule has 0 aromatic rings. The van der Waals surface area contributed by atoms with Crippen LogP contribution in [0.2, 0.25) is 0 Å². The fourth-order valence-electron chi connectivity index (χ4n) is 6.59. The molecule has 0 rings (SSSR count). The van der Waals surface area contributed by atoms with Gasteiger partial charge in [-0.15, -0.1) is 0 Å². The average Bonchev–Trinajstić information content (AvgIpc) is 3.09. The summed E-state index contributed by atoms with van der Waals surface area (Å²) >= 11 is 32.8. The molecule has 51 heavy (non-hydrogen) atoms. The zero-order valence-corrected chi connectivity index (χ0v) is 42.4. The fraction of sp³-hybridized carbons (Fsp3) is 0.952. The van der Waals surface area contributed by atoms with E-state index in [1.807, 2.05) is 0 Å². The van der Waals surface area contributed by atoms with Gasteiger partial charge >= 0.3 is 19.5 Å². The predicted octanol–water partition coefficient (Wildman–Crippen LogP) is 14.8. The third-order valence-electron chi connectivity index (χ3n) is 10.2. The van der Waals surface area contributed by atoms with Crippen molar-refractivity contribution in [2.24, 2.45) is 0 Å². The summed E-state index contributed by atoms with van der Waals surface area (Å²) in [5, 5.41) is 0. The smallest absolute Gasteiger partial charge is 0.489 e. The van der Waals surface area contributed by atoms with Crippen LogP contribution in [0.25, 0.3) is 0 Å². The van der Waals surface area contributed by atoms with E-state index in [2.05, 4.69) is 27.7 Å². The minimum atomic E-state index is 0. The quantitative estimate of drug-likeness (QED) is 0.0201. The Kier molecular flexibility index (Phi) is 48.2. The summed E-state index contributed by atoms with van der Waals surface area (Å²) in [6, 6.07) is 0. The molecule has 0 aliphatic carbocycles. The molecule has 0 fully saturated rings. The van der Waals surface area contributed by atoms with E-state index in [-0.39, 0.29) is 19.5 Å². The first-order valence-electron chi connectivity index (χ1n) is 21.7. The van der Waals surface area contributed by atoms with Gasteiger partial charge in [0.2, 0.25) is 0 Å². The molecule has 0 saturated carbocycles. The molecule has 0 aliphatic heterocycles. The first kappa shape index (κ1) is 57.2. The van der Waals surface area contributed by atoms with Crippen LogP contribution in [0.5, 0.6) is 0 Å². The Morgan fingerprint density at radius 3 is 0.588 bits per heavy atom. The van der Waals surface area contributed by atoms with E-state index in [0.717, 1.165) is 26.2 Å². The Hall–Kier alpha value is 1.86. The van der Waals surface area contributed by atoms with Gasteiger partial charge in [0, 0.05) is 8.64 Å². The van der Waals surface area contributed by atoms with Crippen molar-refractivity contribution < 1.29 is 27.3 Å². The molecule has 0 spiro atoms. The van der Waals surface area contributed by atoms with Crippen molar-refractivity contribution in [2.45, 2.75) is 233 Å². The predicted molar refractivity (Wildman–Crippen MR) is 245 cm³/mol. The molecular weight excluding hydrogens is 790 g/mol. The van der Waals surface area contributed by atoms with Gasteiger partial charge in [-0.1, -0.05) is 182 Å². The van der Waals surface area contributed by atoms with Gasteiger partial charge in [-0.2, -0.15) is 0 Å². The van der Waals surface area contributed by atoms with Crippen LogP contribution in [0.1, 0.15) is 233 Å². The summed E-state index contributed by atoms with van der Waals surface area (Å²) in [4.78, 5) is 0. The summed E-state index contributed by atoms with van der Waals surface area (Å²) in [5.74, 6) is 0. The van der Waals surface area contributed by atoms with E-state index in [1.165, 1.54) is 205 Å². The number of hydrogen-bond donors (Lipinski definition) is 0. The average molecular weight is 875 g/mol. The van der Waals surface area contributed by atoms with Crippen molar-refractivity contribution in [3.63, 3.8) is 0 Å². The van der Waals surface area contributed by atoms with Crippen LogP contribution in [0.15, 0.2) is 0 Å². The van der Waals surface area contributed by atoms with Gasteiger partial charge in [-0.05, 0) is 51.4 Å². The van der Waals surface area contributed by atoms with Crippen LogP contribution in [-0.4, -0.2) is 42.6 Å². The Morgan fingerprint density at radius 2 is 0.451 bits per heavy atom. The van der Waals surface area contributed by atoms with Crippen LogP contribution >= 0.6 is 24.4 Å². The minimum absolute atomic E-state index is 0. The standard InChI is InChI=1S/2C21H43NS3.Zn/c2*1-3-5-7-9-11-13-15-17-19-22(25,21(23)24)20-18-16-14-12-10-8-6-4-2;/h2*3-20H2,1-2H3,(H,23,24);/q;;+2/p-2. The molecular formula is C42H84N2S6Zn. The normalized spacial score (nSPS) is 11.6. The van der Waals surface area contributed by atoms with Crippen LogP contribution < -0.4 is 0 Å². The van der Waals surface area contributed by atoms with Crippen molar-refractivity contribution in [1.82, 2.24) is 0 Å². The minimum Gasteiger partial charge on any atom is -0.489 e. The Morgan fingerprint density at radius 1 is 0.314 bits per heavy atom. The molecule has 0 atom stereocenters. The summed E-state index contributed by atoms with van der Waals surface area (Å²) in [6.45, 7) is 12.9. The monoisotopic (exact) mass is 872 g/mol. The topological polar surface area (TPSA) is 0 Å². The van der Waals surface area contributed by atoms with Gasteiger partial charge in [0.25, 0.3) is 0 Å². The Labute approximate surface area is 367 Å². The van der Waals surface area contributed by atoms with Crippen LogP contribution in [-0.2, 0) is 70.4 Å². The number of hydrogen-bond acceptors (Lipinski definition) is 6. The zero-order chi connectivity index (χ0) is 37.6. The van der Waals surface area contributed by atoms with Crippen molar-refractivity contribution in [2.75, 3.05) is 26.2 Å². The maximum atomic E-state index is 5.79. The maximum Gasteiger partial charge on any atom is 2.00 e. The van der Waals surface area contributed by atoms with E-state index < -0.39 is 0 Å². The van der Waals surface area contributed by atoms with Crippen LogP contribution in [0.4, 0.5) is 0 Å². The van der Waals surface area contributed by atoms with Gasteiger partial charge in [0.15, 0.2) is 0 Å². The van der Waals surface area contributed by atoms with Crippen molar-refractivity contribution in [3.05, 3.63) is 0 Å². The van der Waals surface area contributed by atoms with Gasteiger partial charge in [0.05, 0.1) is 26.2 Å². The van der Waals surface area contributed by atoms with Crippen molar-refractivity contribution >= 4 is 84.0 Å². The summed E-state index contributed by atoms with van der Waals surface area (Å²) in [6.07, 6.45) is 42.6.